The van der Waals surface area contributed by atoms with Crippen LogP contribution in [-0.4, -0.2) is 58.2 Å². The van der Waals surface area contributed by atoms with Crippen molar-refractivity contribution in [1.82, 2.24) is 20.4 Å². The maximum atomic E-state index is 12.6. The van der Waals surface area contributed by atoms with Gasteiger partial charge in [-0.15, -0.1) is 0 Å². The third-order valence-corrected chi connectivity index (χ3v) is 5.98. The minimum absolute atomic E-state index is 0.0291. The molecule has 2 saturated carbocycles. The number of urea groups is 2. The number of rotatable bonds is 4. The van der Waals surface area contributed by atoms with E-state index in [0.717, 1.165) is 56.3 Å². The summed E-state index contributed by atoms with van der Waals surface area (Å²) in [5, 5.41) is 4.88. The van der Waals surface area contributed by atoms with E-state index in [-0.39, 0.29) is 18.0 Å². The molecule has 0 radical (unpaired) electrons. The highest BCUT2D eigenvalue weighted by atomic mass is 16.2. The summed E-state index contributed by atoms with van der Waals surface area (Å²) in [5.74, 6) is -2.57. The quantitative estimate of drug-likeness (QED) is 0.556. The predicted molar refractivity (Wildman–Crippen MR) is 98.9 cm³/mol. The SMILES string of the molecule is C[C@@H]1CCCC[C@@H]1N1C(=O)C(=O)N(CC(=O)NC(=O)NC2CCCCC2)C1=O. The second-order valence-corrected chi connectivity index (χ2v) is 8.03. The van der Waals surface area contributed by atoms with Crippen molar-refractivity contribution in [3.8, 4) is 0 Å². The first kappa shape index (κ1) is 20.3. The van der Waals surface area contributed by atoms with Crippen LogP contribution >= 0.6 is 0 Å². The summed E-state index contributed by atoms with van der Waals surface area (Å²) in [5.41, 5.74) is 0. The van der Waals surface area contributed by atoms with Crippen molar-refractivity contribution in [2.75, 3.05) is 6.54 Å². The Morgan fingerprint density at radius 1 is 0.929 bits per heavy atom. The van der Waals surface area contributed by atoms with Crippen LogP contribution in [0, 0.1) is 5.92 Å². The van der Waals surface area contributed by atoms with E-state index < -0.39 is 36.3 Å². The average molecular weight is 392 g/mol. The van der Waals surface area contributed by atoms with Gasteiger partial charge >= 0.3 is 23.9 Å². The van der Waals surface area contributed by atoms with Gasteiger partial charge in [-0.3, -0.25) is 24.6 Å². The molecule has 0 aromatic heterocycles. The van der Waals surface area contributed by atoms with E-state index in [9.17, 15) is 24.0 Å². The van der Waals surface area contributed by atoms with Gasteiger partial charge in [0.1, 0.15) is 6.54 Å². The highest BCUT2D eigenvalue weighted by Gasteiger charge is 2.49. The summed E-state index contributed by atoms with van der Waals surface area (Å²) >= 11 is 0. The van der Waals surface area contributed by atoms with E-state index in [0.29, 0.717) is 11.3 Å². The molecule has 0 aromatic rings. The fourth-order valence-corrected chi connectivity index (χ4v) is 4.41. The molecule has 28 heavy (non-hydrogen) atoms. The Balaban J connectivity index is 1.56. The maximum Gasteiger partial charge on any atom is 0.334 e. The second kappa shape index (κ2) is 8.70. The molecular weight excluding hydrogens is 364 g/mol. The summed E-state index contributed by atoms with van der Waals surface area (Å²) in [6.07, 6.45) is 8.42. The summed E-state index contributed by atoms with van der Waals surface area (Å²) in [6, 6.07) is -1.70. The first-order valence-electron chi connectivity index (χ1n) is 10.2. The molecule has 2 atom stereocenters. The zero-order chi connectivity index (χ0) is 20.3. The van der Waals surface area contributed by atoms with Gasteiger partial charge in [0.05, 0.1) is 0 Å². The summed E-state index contributed by atoms with van der Waals surface area (Å²) in [6.45, 7) is 1.32. The summed E-state index contributed by atoms with van der Waals surface area (Å²) in [7, 11) is 0. The number of hydrogen-bond donors (Lipinski definition) is 2. The van der Waals surface area contributed by atoms with Crippen LogP contribution in [-0.2, 0) is 14.4 Å². The lowest BCUT2D eigenvalue weighted by molar-refractivity contribution is -0.145. The highest BCUT2D eigenvalue weighted by molar-refractivity contribution is 6.45. The average Bonchev–Trinajstić information content (AvgIpc) is 2.86. The van der Waals surface area contributed by atoms with Gasteiger partial charge in [0, 0.05) is 12.1 Å². The lowest BCUT2D eigenvalue weighted by atomic mass is 9.85. The van der Waals surface area contributed by atoms with Crippen LogP contribution in [0.15, 0.2) is 0 Å². The van der Waals surface area contributed by atoms with Crippen LogP contribution in [0.5, 0.6) is 0 Å². The Labute approximate surface area is 164 Å². The molecule has 3 aliphatic rings. The van der Waals surface area contributed by atoms with Crippen LogP contribution in [0.25, 0.3) is 0 Å². The molecule has 7 amide bonds. The van der Waals surface area contributed by atoms with Gasteiger partial charge in [-0.1, -0.05) is 39.0 Å². The fraction of sp³-hybridized carbons (Fsp3) is 0.737. The van der Waals surface area contributed by atoms with Gasteiger partial charge in [-0.25, -0.2) is 14.5 Å². The molecule has 0 unspecified atom stereocenters. The van der Waals surface area contributed by atoms with E-state index in [1.807, 2.05) is 6.92 Å². The molecule has 3 rings (SSSR count). The van der Waals surface area contributed by atoms with Gasteiger partial charge in [0.15, 0.2) is 0 Å². The molecule has 1 aliphatic heterocycles. The zero-order valence-electron chi connectivity index (χ0n) is 16.2. The Morgan fingerprint density at radius 2 is 1.57 bits per heavy atom. The minimum atomic E-state index is -1.01. The second-order valence-electron chi connectivity index (χ2n) is 8.03. The number of carbonyl (C=O) groups excluding carboxylic acids is 5. The topological polar surface area (TPSA) is 116 Å². The molecule has 154 valence electrons. The molecule has 0 spiro atoms. The number of carbonyl (C=O) groups is 5. The normalized spacial score (nSPS) is 26.5. The van der Waals surface area contributed by atoms with Crippen molar-refractivity contribution in [2.45, 2.75) is 76.8 Å². The van der Waals surface area contributed by atoms with Gasteiger partial charge in [-0.2, -0.15) is 0 Å². The van der Waals surface area contributed by atoms with Gasteiger partial charge in [-0.05, 0) is 31.6 Å². The maximum absolute atomic E-state index is 12.6. The Morgan fingerprint density at radius 3 is 2.25 bits per heavy atom. The van der Waals surface area contributed by atoms with Crippen LogP contribution in [0.3, 0.4) is 0 Å². The van der Waals surface area contributed by atoms with E-state index in [4.69, 9.17) is 0 Å². The van der Waals surface area contributed by atoms with E-state index in [1.54, 1.807) is 0 Å². The van der Waals surface area contributed by atoms with E-state index in [2.05, 4.69) is 10.6 Å². The third kappa shape index (κ3) is 4.34. The smallest absolute Gasteiger partial charge is 0.334 e. The van der Waals surface area contributed by atoms with Crippen molar-refractivity contribution < 1.29 is 24.0 Å². The number of nitrogens with one attached hydrogen (secondary N) is 2. The van der Waals surface area contributed by atoms with E-state index >= 15 is 0 Å². The van der Waals surface area contributed by atoms with Crippen LogP contribution in [0.4, 0.5) is 9.59 Å². The van der Waals surface area contributed by atoms with Crippen molar-refractivity contribution >= 4 is 29.8 Å². The minimum Gasteiger partial charge on any atom is -0.335 e. The Hall–Kier alpha value is -2.45. The van der Waals surface area contributed by atoms with E-state index in [1.165, 1.54) is 0 Å². The van der Waals surface area contributed by atoms with Crippen molar-refractivity contribution in [1.29, 1.82) is 0 Å². The first-order valence-corrected chi connectivity index (χ1v) is 10.2. The van der Waals surface area contributed by atoms with Crippen LogP contribution in [0.1, 0.15) is 64.7 Å². The van der Waals surface area contributed by atoms with Gasteiger partial charge in [0.25, 0.3) is 0 Å². The molecule has 9 heteroatoms. The number of imide groups is 3. The van der Waals surface area contributed by atoms with Gasteiger partial charge in [0.2, 0.25) is 5.91 Å². The summed E-state index contributed by atoms with van der Waals surface area (Å²) in [4.78, 5) is 63.0. The number of amides is 7. The molecule has 3 fully saturated rings. The molecule has 2 aliphatic carbocycles. The molecule has 0 bridgehead atoms. The molecule has 0 aromatic carbocycles. The fourth-order valence-electron chi connectivity index (χ4n) is 4.41. The van der Waals surface area contributed by atoms with Crippen molar-refractivity contribution in [3.63, 3.8) is 0 Å². The lowest BCUT2D eigenvalue weighted by Gasteiger charge is -2.34. The number of hydrogen-bond acceptors (Lipinski definition) is 5. The predicted octanol–water partition coefficient (Wildman–Crippen LogP) is 1.51. The summed E-state index contributed by atoms with van der Waals surface area (Å²) < 4.78 is 0. The Bertz CT molecular complexity index is 673. The standard InChI is InChI=1S/C19H28N4O5/c1-12-7-5-6-10-14(12)23-17(26)16(25)22(19(23)28)11-15(24)21-18(27)20-13-8-3-2-4-9-13/h12-14H,2-11H2,1H3,(H2,20,21,24,27)/t12-,14+/m1/s1. The molecule has 2 N–H and O–H groups in total. The third-order valence-electron chi connectivity index (χ3n) is 5.98. The molecule has 1 saturated heterocycles. The van der Waals surface area contributed by atoms with Crippen molar-refractivity contribution in [3.05, 3.63) is 0 Å². The first-order chi connectivity index (χ1) is 13.4. The molecule has 1 heterocycles. The van der Waals surface area contributed by atoms with Crippen LogP contribution in [0.2, 0.25) is 0 Å². The number of nitrogens with zero attached hydrogens (tertiary/aromatic N) is 2. The van der Waals surface area contributed by atoms with Crippen molar-refractivity contribution in [2.24, 2.45) is 5.92 Å². The van der Waals surface area contributed by atoms with Crippen LogP contribution < -0.4 is 10.6 Å². The molecular formula is C19H28N4O5. The lowest BCUT2D eigenvalue weighted by Crippen LogP contribution is -2.49. The highest BCUT2D eigenvalue weighted by Crippen LogP contribution is 2.31. The zero-order valence-corrected chi connectivity index (χ0v) is 16.2. The van der Waals surface area contributed by atoms with Gasteiger partial charge < -0.3 is 5.32 Å². The monoisotopic (exact) mass is 392 g/mol. The Kier molecular flexibility index (Phi) is 6.31. The largest absolute Gasteiger partial charge is 0.335 e. The molecule has 9 nitrogen and oxygen atoms in total.